The summed E-state index contributed by atoms with van der Waals surface area (Å²) >= 11 is 1.37. The molecule has 0 saturated carbocycles. The van der Waals surface area contributed by atoms with Crippen LogP contribution in [0.4, 0.5) is 5.69 Å². The maximum atomic E-state index is 12.4. The highest BCUT2D eigenvalue weighted by Crippen LogP contribution is 2.31. The number of aromatic nitrogens is 3. The number of carbonyl (C=O) groups excluding carboxylic acids is 1. The van der Waals surface area contributed by atoms with Crippen LogP contribution < -0.4 is 10.1 Å². The topological polar surface area (TPSA) is 69.0 Å². The molecule has 1 N–H and O–H groups in total. The fraction of sp³-hybridized carbons (Fsp3) is 0.160. The first kappa shape index (κ1) is 21.6. The third-order valence-electron chi connectivity index (χ3n) is 4.92. The summed E-state index contributed by atoms with van der Waals surface area (Å²) in [6.45, 7) is 0.688. The lowest BCUT2D eigenvalue weighted by Crippen LogP contribution is -2.14. The van der Waals surface area contributed by atoms with E-state index in [1.54, 1.807) is 7.11 Å². The van der Waals surface area contributed by atoms with Gasteiger partial charge in [0.05, 0.1) is 18.4 Å². The summed E-state index contributed by atoms with van der Waals surface area (Å²) in [6.07, 6.45) is 0.824. The van der Waals surface area contributed by atoms with E-state index in [9.17, 15) is 4.79 Å². The lowest BCUT2D eigenvalue weighted by Gasteiger charge is -2.12. The van der Waals surface area contributed by atoms with Gasteiger partial charge >= 0.3 is 0 Å². The van der Waals surface area contributed by atoms with E-state index in [0.717, 1.165) is 29.2 Å². The number of hydrogen-bond acceptors (Lipinski definition) is 5. The molecule has 0 fully saturated rings. The number of rotatable bonds is 9. The molecule has 1 aromatic heterocycles. The van der Waals surface area contributed by atoms with Crippen LogP contribution in [-0.4, -0.2) is 33.5 Å². The number of methoxy groups -OCH3 is 1. The van der Waals surface area contributed by atoms with Crippen LogP contribution in [0.1, 0.15) is 5.56 Å². The zero-order valence-electron chi connectivity index (χ0n) is 17.8. The molecule has 7 heteroatoms. The molecule has 4 rings (SSSR count). The van der Waals surface area contributed by atoms with Crippen LogP contribution >= 0.6 is 11.8 Å². The van der Waals surface area contributed by atoms with E-state index < -0.39 is 0 Å². The van der Waals surface area contributed by atoms with E-state index in [1.165, 1.54) is 17.3 Å². The molecule has 3 aromatic carbocycles. The summed E-state index contributed by atoms with van der Waals surface area (Å²) in [5.74, 6) is 1.62. The van der Waals surface area contributed by atoms with Gasteiger partial charge in [0.2, 0.25) is 5.91 Å². The molecule has 0 aliphatic rings. The summed E-state index contributed by atoms with van der Waals surface area (Å²) in [7, 11) is 1.65. The monoisotopic (exact) mass is 444 g/mol. The molecule has 6 nitrogen and oxygen atoms in total. The second kappa shape index (κ2) is 10.6. The van der Waals surface area contributed by atoms with Crippen LogP contribution in [0, 0.1) is 0 Å². The highest BCUT2D eigenvalue weighted by Gasteiger charge is 2.18. The first-order valence-corrected chi connectivity index (χ1v) is 11.3. The molecular formula is C25H24N4O2S. The number of benzene rings is 3. The normalized spacial score (nSPS) is 10.7. The summed E-state index contributed by atoms with van der Waals surface area (Å²) in [6, 6.07) is 27.5. The van der Waals surface area contributed by atoms with Gasteiger partial charge in [0.1, 0.15) is 5.75 Å². The molecule has 0 saturated heterocycles. The highest BCUT2D eigenvalue weighted by atomic mass is 32.2. The standard InChI is InChI=1S/C25H24N4O2S/c1-31-22-15-9-8-14-21(22)24-27-28-25(29(24)17-16-19-10-4-2-5-11-19)32-18-23(30)26-20-12-6-3-7-13-20/h2-15H,16-18H2,1H3,(H,26,30). The van der Waals surface area contributed by atoms with Crippen molar-refractivity contribution in [3.8, 4) is 17.1 Å². The molecule has 0 aliphatic carbocycles. The fourth-order valence-electron chi connectivity index (χ4n) is 3.36. The van der Waals surface area contributed by atoms with Gasteiger partial charge in [-0.15, -0.1) is 10.2 Å². The molecule has 162 valence electrons. The Morgan fingerprint density at radius 3 is 2.38 bits per heavy atom. The molecule has 0 aliphatic heterocycles. The van der Waals surface area contributed by atoms with Crippen molar-refractivity contribution in [2.45, 2.75) is 18.1 Å². The number of ether oxygens (including phenoxy) is 1. The average Bonchev–Trinajstić information content (AvgIpc) is 3.25. The largest absolute Gasteiger partial charge is 0.496 e. The summed E-state index contributed by atoms with van der Waals surface area (Å²) in [5.41, 5.74) is 2.87. The number of amides is 1. The SMILES string of the molecule is COc1ccccc1-c1nnc(SCC(=O)Nc2ccccc2)n1CCc1ccccc1. The van der Waals surface area contributed by atoms with Gasteiger partial charge in [0.15, 0.2) is 11.0 Å². The molecule has 0 atom stereocenters. The Bertz CT molecular complexity index is 1160. The zero-order chi connectivity index (χ0) is 22.2. The number of nitrogens with one attached hydrogen (secondary N) is 1. The van der Waals surface area contributed by atoms with Crippen LogP contribution in [0.3, 0.4) is 0 Å². The Morgan fingerprint density at radius 1 is 0.938 bits per heavy atom. The number of thioether (sulfide) groups is 1. The van der Waals surface area contributed by atoms with Crippen LogP contribution in [-0.2, 0) is 17.8 Å². The van der Waals surface area contributed by atoms with Crippen molar-refractivity contribution < 1.29 is 9.53 Å². The molecule has 1 heterocycles. The van der Waals surface area contributed by atoms with Crippen LogP contribution in [0.5, 0.6) is 5.75 Å². The van der Waals surface area contributed by atoms with Crippen LogP contribution in [0.2, 0.25) is 0 Å². The summed E-state index contributed by atoms with van der Waals surface area (Å²) < 4.78 is 7.60. The quantitative estimate of drug-likeness (QED) is 0.371. The molecule has 0 radical (unpaired) electrons. The van der Waals surface area contributed by atoms with Crippen LogP contribution in [0.25, 0.3) is 11.4 Å². The fourth-order valence-corrected chi connectivity index (χ4v) is 4.12. The number of para-hydroxylation sites is 2. The van der Waals surface area contributed by atoms with Crippen molar-refractivity contribution in [1.82, 2.24) is 14.8 Å². The number of aryl methyl sites for hydroxylation is 1. The van der Waals surface area contributed by atoms with Gasteiger partial charge in [0.25, 0.3) is 0 Å². The van der Waals surface area contributed by atoms with Crippen molar-refractivity contribution >= 4 is 23.4 Å². The van der Waals surface area contributed by atoms with Gasteiger partial charge in [-0.3, -0.25) is 4.79 Å². The Kier molecular flexibility index (Phi) is 7.19. The van der Waals surface area contributed by atoms with E-state index in [4.69, 9.17) is 4.74 Å². The minimum absolute atomic E-state index is 0.0855. The van der Waals surface area contributed by atoms with Gasteiger partial charge in [-0.1, -0.05) is 72.4 Å². The second-order valence-corrected chi connectivity index (χ2v) is 8.04. The number of carbonyl (C=O) groups is 1. The van der Waals surface area contributed by atoms with Crippen molar-refractivity contribution in [3.63, 3.8) is 0 Å². The van der Waals surface area contributed by atoms with E-state index in [0.29, 0.717) is 11.7 Å². The van der Waals surface area contributed by atoms with Gasteiger partial charge in [0, 0.05) is 12.2 Å². The van der Waals surface area contributed by atoms with E-state index >= 15 is 0 Å². The Morgan fingerprint density at radius 2 is 1.62 bits per heavy atom. The Balaban J connectivity index is 1.55. The Hall–Kier alpha value is -3.58. The summed E-state index contributed by atoms with van der Waals surface area (Å²) in [4.78, 5) is 12.4. The molecular weight excluding hydrogens is 420 g/mol. The zero-order valence-corrected chi connectivity index (χ0v) is 18.6. The minimum atomic E-state index is -0.0855. The number of anilines is 1. The minimum Gasteiger partial charge on any atom is -0.496 e. The first-order chi connectivity index (χ1) is 15.7. The maximum absolute atomic E-state index is 12.4. The number of nitrogens with zero attached hydrogens (tertiary/aromatic N) is 3. The number of hydrogen-bond donors (Lipinski definition) is 1. The average molecular weight is 445 g/mol. The molecule has 1 amide bonds. The predicted octanol–water partition coefficient (Wildman–Crippen LogP) is 4.93. The van der Waals surface area contributed by atoms with Crippen LogP contribution in [0.15, 0.2) is 90.1 Å². The first-order valence-electron chi connectivity index (χ1n) is 10.3. The lowest BCUT2D eigenvalue weighted by molar-refractivity contribution is -0.113. The summed E-state index contributed by atoms with van der Waals surface area (Å²) in [5, 5.41) is 12.5. The lowest BCUT2D eigenvalue weighted by atomic mass is 10.1. The van der Waals surface area contributed by atoms with Gasteiger partial charge in [-0.05, 0) is 36.2 Å². The van der Waals surface area contributed by atoms with Gasteiger partial charge in [-0.2, -0.15) is 0 Å². The highest BCUT2D eigenvalue weighted by molar-refractivity contribution is 7.99. The van der Waals surface area contributed by atoms with Crippen molar-refractivity contribution in [3.05, 3.63) is 90.5 Å². The Labute approximate surface area is 191 Å². The van der Waals surface area contributed by atoms with Gasteiger partial charge in [-0.25, -0.2) is 0 Å². The molecule has 0 spiro atoms. The van der Waals surface area contributed by atoms with Crippen molar-refractivity contribution in [2.24, 2.45) is 0 Å². The van der Waals surface area contributed by atoms with Crippen molar-refractivity contribution in [1.29, 1.82) is 0 Å². The molecule has 32 heavy (non-hydrogen) atoms. The predicted molar refractivity (Wildman–Crippen MR) is 128 cm³/mol. The maximum Gasteiger partial charge on any atom is 0.234 e. The third-order valence-corrected chi connectivity index (χ3v) is 5.89. The van der Waals surface area contributed by atoms with Gasteiger partial charge < -0.3 is 14.6 Å². The molecule has 4 aromatic rings. The smallest absolute Gasteiger partial charge is 0.234 e. The second-order valence-electron chi connectivity index (χ2n) is 7.10. The van der Waals surface area contributed by atoms with E-state index in [1.807, 2.05) is 72.8 Å². The van der Waals surface area contributed by atoms with E-state index in [2.05, 4.69) is 32.2 Å². The van der Waals surface area contributed by atoms with Crippen molar-refractivity contribution in [2.75, 3.05) is 18.2 Å². The van der Waals surface area contributed by atoms with E-state index in [-0.39, 0.29) is 11.7 Å². The molecule has 0 unspecified atom stereocenters. The molecule has 0 bridgehead atoms. The third kappa shape index (κ3) is 5.36.